The quantitative estimate of drug-likeness (QED) is 0.766. The highest BCUT2D eigenvalue weighted by molar-refractivity contribution is 6.33. The van der Waals surface area contributed by atoms with Crippen LogP contribution in [0.3, 0.4) is 0 Å². The summed E-state index contributed by atoms with van der Waals surface area (Å²) in [6, 6.07) is 4.17. The first kappa shape index (κ1) is 20.6. The Hall–Kier alpha value is -2.16. The van der Waals surface area contributed by atoms with Crippen LogP contribution in [0.2, 0.25) is 5.02 Å². The number of halogens is 3. The average molecular weight is 428 g/mol. The van der Waals surface area contributed by atoms with Gasteiger partial charge in [-0.05, 0) is 12.1 Å². The first-order chi connectivity index (χ1) is 13.1. The number of fused-ring (bicyclic) bond motifs is 1. The Morgan fingerprint density at radius 2 is 1.79 bits per heavy atom. The average Bonchev–Trinajstić information content (AvgIpc) is 3.11. The van der Waals surface area contributed by atoms with Gasteiger partial charge in [-0.15, -0.1) is 12.4 Å². The van der Waals surface area contributed by atoms with Crippen molar-refractivity contribution < 1.29 is 14.0 Å². The van der Waals surface area contributed by atoms with Crippen LogP contribution in [0.4, 0.5) is 4.39 Å². The summed E-state index contributed by atoms with van der Waals surface area (Å²) in [6.07, 6.45) is 0.821. The number of carbonyl (C=O) groups excluding carboxylic acids is 2. The van der Waals surface area contributed by atoms with Gasteiger partial charge < -0.3 is 15.1 Å². The van der Waals surface area contributed by atoms with E-state index in [1.54, 1.807) is 4.90 Å². The number of nitrogens with one attached hydrogen (secondary N) is 2. The summed E-state index contributed by atoms with van der Waals surface area (Å²) >= 11 is 5.99. The van der Waals surface area contributed by atoms with E-state index in [9.17, 15) is 14.0 Å². The van der Waals surface area contributed by atoms with Gasteiger partial charge >= 0.3 is 0 Å². The Kier molecular flexibility index (Phi) is 6.22. The maximum Gasteiger partial charge on any atom is 0.274 e. The number of amides is 2. The predicted octanol–water partition coefficient (Wildman–Crippen LogP) is 1.87. The molecule has 0 bridgehead atoms. The van der Waals surface area contributed by atoms with Crippen molar-refractivity contribution in [2.75, 3.05) is 32.7 Å². The van der Waals surface area contributed by atoms with Crippen molar-refractivity contribution in [1.82, 2.24) is 25.3 Å². The van der Waals surface area contributed by atoms with E-state index < -0.39 is 11.7 Å². The Morgan fingerprint density at radius 1 is 1.11 bits per heavy atom. The minimum Gasteiger partial charge on any atom is -0.335 e. The molecule has 1 saturated heterocycles. The summed E-state index contributed by atoms with van der Waals surface area (Å²) in [5.74, 6) is -1.24. The third-order valence-corrected chi connectivity index (χ3v) is 5.35. The highest BCUT2D eigenvalue weighted by Gasteiger charge is 2.30. The van der Waals surface area contributed by atoms with Crippen LogP contribution in [0.5, 0.6) is 0 Å². The van der Waals surface area contributed by atoms with Gasteiger partial charge in [0.2, 0.25) is 0 Å². The minimum absolute atomic E-state index is 0. The van der Waals surface area contributed by atoms with Crippen LogP contribution >= 0.6 is 24.0 Å². The second-order valence-corrected chi connectivity index (χ2v) is 7.04. The zero-order chi connectivity index (χ0) is 19.0. The summed E-state index contributed by atoms with van der Waals surface area (Å²) < 4.78 is 14.0. The summed E-state index contributed by atoms with van der Waals surface area (Å²) in [5.41, 5.74) is 2.24. The van der Waals surface area contributed by atoms with Crippen LogP contribution in [0, 0.1) is 5.82 Å². The normalized spacial score (nSPS) is 16.4. The third kappa shape index (κ3) is 3.72. The van der Waals surface area contributed by atoms with E-state index in [0.29, 0.717) is 38.4 Å². The third-order valence-electron chi connectivity index (χ3n) is 5.04. The summed E-state index contributed by atoms with van der Waals surface area (Å²) in [5, 5.41) is 10.5. The number of aromatic amines is 1. The van der Waals surface area contributed by atoms with Crippen molar-refractivity contribution in [3.05, 3.63) is 51.6 Å². The van der Waals surface area contributed by atoms with Gasteiger partial charge in [0.15, 0.2) is 5.69 Å². The van der Waals surface area contributed by atoms with E-state index in [0.717, 1.165) is 24.2 Å². The van der Waals surface area contributed by atoms with Crippen molar-refractivity contribution in [1.29, 1.82) is 0 Å². The van der Waals surface area contributed by atoms with E-state index in [1.807, 2.05) is 0 Å². The second-order valence-electron chi connectivity index (χ2n) is 6.64. The van der Waals surface area contributed by atoms with Gasteiger partial charge in [-0.3, -0.25) is 14.7 Å². The molecule has 4 rings (SSSR count). The molecule has 0 atom stereocenters. The maximum atomic E-state index is 14.0. The number of nitrogens with zero attached hydrogens (tertiary/aromatic N) is 3. The Morgan fingerprint density at radius 3 is 2.46 bits per heavy atom. The highest BCUT2D eigenvalue weighted by atomic mass is 35.5. The Labute approximate surface area is 172 Å². The van der Waals surface area contributed by atoms with Crippen LogP contribution in [-0.4, -0.2) is 64.5 Å². The maximum absolute atomic E-state index is 14.0. The fourth-order valence-electron chi connectivity index (χ4n) is 3.52. The van der Waals surface area contributed by atoms with Crippen molar-refractivity contribution >= 4 is 35.8 Å². The number of piperazine rings is 1. The molecular formula is C18H20Cl2FN5O2. The van der Waals surface area contributed by atoms with E-state index >= 15 is 0 Å². The lowest BCUT2D eigenvalue weighted by atomic mass is 10.1. The monoisotopic (exact) mass is 427 g/mol. The molecule has 7 nitrogen and oxygen atoms in total. The van der Waals surface area contributed by atoms with E-state index in [-0.39, 0.29) is 28.9 Å². The number of hydrogen-bond donors (Lipinski definition) is 2. The second kappa shape index (κ2) is 8.46. The van der Waals surface area contributed by atoms with Crippen molar-refractivity contribution in [3.63, 3.8) is 0 Å². The van der Waals surface area contributed by atoms with Crippen LogP contribution in [0.15, 0.2) is 18.2 Å². The van der Waals surface area contributed by atoms with Crippen LogP contribution in [0.25, 0.3) is 0 Å². The highest BCUT2D eigenvalue weighted by Crippen LogP contribution is 2.22. The Balaban J connectivity index is 0.00000225. The fourth-order valence-corrected chi connectivity index (χ4v) is 3.77. The SMILES string of the molecule is Cl.O=C(c1n[nH]c2c1CNCC2)N1CCN(C(=O)c2c(F)cccc2Cl)CC1. The predicted molar refractivity (Wildman–Crippen MR) is 104 cm³/mol. The molecule has 28 heavy (non-hydrogen) atoms. The van der Waals surface area contributed by atoms with Gasteiger partial charge in [0.1, 0.15) is 5.82 Å². The summed E-state index contributed by atoms with van der Waals surface area (Å²) in [4.78, 5) is 28.6. The Bertz CT molecular complexity index is 876. The van der Waals surface area contributed by atoms with Gasteiger partial charge in [0, 0.05) is 56.9 Å². The van der Waals surface area contributed by atoms with Crippen molar-refractivity contribution in [2.24, 2.45) is 0 Å². The van der Waals surface area contributed by atoms with Crippen LogP contribution < -0.4 is 5.32 Å². The molecule has 0 aliphatic carbocycles. The first-order valence-electron chi connectivity index (χ1n) is 8.85. The molecule has 1 aromatic carbocycles. The van der Waals surface area contributed by atoms with Gasteiger partial charge in [0.05, 0.1) is 10.6 Å². The molecule has 2 aliphatic rings. The van der Waals surface area contributed by atoms with Crippen LogP contribution in [0.1, 0.15) is 32.1 Å². The zero-order valence-corrected chi connectivity index (χ0v) is 16.6. The van der Waals surface area contributed by atoms with E-state index in [4.69, 9.17) is 11.6 Å². The molecule has 2 aliphatic heterocycles. The molecule has 2 N–H and O–H groups in total. The molecule has 1 fully saturated rings. The van der Waals surface area contributed by atoms with Crippen molar-refractivity contribution in [2.45, 2.75) is 13.0 Å². The standard InChI is InChI=1S/C18H19ClFN5O2.ClH/c19-12-2-1-3-13(20)15(12)17(26)24-6-8-25(9-7-24)18(27)16-11-10-21-5-4-14(11)22-23-16;/h1-3,21H,4-10H2,(H,22,23);1H. The largest absolute Gasteiger partial charge is 0.335 e. The molecule has 10 heteroatoms. The molecule has 2 amide bonds. The van der Waals surface area contributed by atoms with Crippen LogP contribution in [-0.2, 0) is 13.0 Å². The number of hydrogen-bond acceptors (Lipinski definition) is 4. The van der Waals surface area contributed by atoms with Gasteiger partial charge in [-0.1, -0.05) is 17.7 Å². The number of rotatable bonds is 2. The fraction of sp³-hybridized carbons (Fsp3) is 0.389. The lowest BCUT2D eigenvalue weighted by Crippen LogP contribution is -2.51. The molecule has 1 aromatic heterocycles. The van der Waals surface area contributed by atoms with Gasteiger partial charge in [0.25, 0.3) is 11.8 Å². The number of benzene rings is 1. The molecule has 3 heterocycles. The minimum atomic E-state index is -0.637. The first-order valence-corrected chi connectivity index (χ1v) is 9.23. The molecule has 0 radical (unpaired) electrons. The molecule has 0 spiro atoms. The lowest BCUT2D eigenvalue weighted by Gasteiger charge is -2.34. The number of carbonyl (C=O) groups is 2. The smallest absolute Gasteiger partial charge is 0.274 e. The number of aromatic nitrogens is 2. The van der Waals surface area contributed by atoms with E-state index in [2.05, 4.69) is 15.5 Å². The number of H-pyrrole nitrogens is 1. The van der Waals surface area contributed by atoms with Gasteiger partial charge in [-0.2, -0.15) is 5.10 Å². The molecule has 0 unspecified atom stereocenters. The topological polar surface area (TPSA) is 81.3 Å². The molecular weight excluding hydrogens is 408 g/mol. The lowest BCUT2D eigenvalue weighted by molar-refractivity contribution is 0.0529. The van der Waals surface area contributed by atoms with E-state index in [1.165, 1.54) is 23.1 Å². The summed E-state index contributed by atoms with van der Waals surface area (Å²) in [7, 11) is 0. The zero-order valence-electron chi connectivity index (χ0n) is 15.0. The molecule has 0 saturated carbocycles. The molecule has 2 aromatic rings. The summed E-state index contributed by atoms with van der Waals surface area (Å²) in [6.45, 7) is 2.86. The van der Waals surface area contributed by atoms with Gasteiger partial charge in [-0.25, -0.2) is 4.39 Å². The van der Waals surface area contributed by atoms with Crippen molar-refractivity contribution in [3.8, 4) is 0 Å². The molecule has 150 valence electrons.